The maximum absolute atomic E-state index is 12.0. The predicted octanol–water partition coefficient (Wildman–Crippen LogP) is 3.26. The molecule has 0 saturated heterocycles. The van der Waals surface area contributed by atoms with Gasteiger partial charge >= 0.3 is 6.03 Å². The van der Waals surface area contributed by atoms with Crippen molar-refractivity contribution in [1.29, 1.82) is 5.26 Å². The molecule has 0 aliphatic rings. The number of nitrogens with zero attached hydrogens (tertiary/aromatic N) is 1. The maximum Gasteiger partial charge on any atom is 0.323 e. The highest BCUT2D eigenvalue weighted by atomic mass is 16.3. The van der Waals surface area contributed by atoms with E-state index in [0.717, 1.165) is 0 Å². The minimum Gasteiger partial charge on any atom is -0.389 e. The van der Waals surface area contributed by atoms with Gasteiger partial charge in [0.15, 0.2) is 0 Å². The third-order valence-electron chi connectivity index (χ3n) is 2.91. The van der Waals surface area contributed by atoms with Crippen LogP contribution in [0.4, 0.5) is 16.2 Å². The third kappa shape index (κ3) is 3.81. The molecule has 0 aromatic heterocycles. The van der Waals surface area contributed by atoms with Crippen molar-refractivity contribution in [2.24, 2.45) is 0 Å². The number of amides is 2. The topological polar surface area (TPSA) is 85.2 Å². The second-order valence-corrected chi connectivity index (χ2v) is 4.53. The molecule has 3 N–H and O–H groups in total. The molecule has 106 valence electrons. The molecule has 2 amide bonds. The van der Waals surface area contributed by atoms with Gasteiger partial charge in [-0.3, -0.25) is 0 Å². The van der Waals surface area contributed by atoms with Gasteiger partial charge in [-0.15, -0.1) is 0 Å². The largest absolute Gasteiger partial charge is 0.389 e. The van der Waals surface area contributed by atoms with E-state index in [1.807, 2.05) is 6.07 Å². The summed E-state index contributed by atoms with van der Waals surface area (Å²) in [7, 11) is 0. The van der Waals surface area contributed by atoms with Crippen molar-refractivity contribution in [3.8, 4) is 6.07 Å². The highest BCUT2D eigenvalue weighted by Gasteiger charge is 2.10. The molecule has 0 fully saturated rings. The number of nitrogens with one attached hydrogen (secondary N) is 2. The van der Waals surface area contributed by atoms with Gasteiger partial charge in [-0.1, -0.05) is 24.3 Å². The highest BCUT2D eigenvalue weighted by Crippen LogP contribution is 2.22. The molecule has 5 heteroatoms. The summed E-state index contributed by atoms with van der Waals surface area (Å²) < 4.78 is 0. The summed E-state index contributed by atoms with van der Waals surface area (Å²) in [6, 6.07) is 15.2. The number of para-hydroxylation sites is 1. The van der Waals surface area contributed by atoms with Crippen LogP contribution in [0.3, 0.4) is 0 Å². The van der Waals surface area contributed by atoms with Crippen molar-refractivity contribution in [1.82, 2.24) is 0 Å². The van der Waals surface area contributed by atoms with Crippen molar-refractivity contribution in [3.05, 3.63) is 59.7 Å². The number of aliphatic hydroxyl groups is 1. The second kappa shape index (κ2) is 6.55. The van der Waals surface area contributed by atoms with Crippen LogP contribution in [0.5, 0.6) is 0 Å². The first-order chi connectivity index (χ1) is 10.1. The molecule has 2 rings (SSSR count). The lowest BCUT2D eigenvalue weighted by Crippen LogP contribution is -2.20. The number of carbonyl (C=O) groups excluding carboxylic acids is 1. The highest BCUT2D eigenvalue weighted by molar-refractivity contribution is 6.00. The van der Waals surface area contributed by atoms with Crippen LogP contribution in [-0.2, 0) is 0 Å². The number of hydrogen-bond acceptors (Lipinski definition) is 3. The number of nitriles is 1. The first-order valence-electron chi connectivity index (χ1n) is 6.45. The molecule has 0 heterocycles. The summed E-state index contributed by atoms with van der Waals surface area (Å²) in [6.45, 7) is 1.63. The van der Waals surface area contributed by atoms with E-state index in [4.69, 9.17) is 5.26 Å². The van der Waals surface area contributed by atoms with E-state index in [1.165, 1.54) is 0 Å². The standard InChI is InChI=1S/C16H15N3O2/c1-11(20)14-7-2-3-8-15(14)19-16(21)18-13-6-4-5-12(9-13)10-17/h2-9,11,20H,1H3,(H2,18,19,21). The number of rotatable bonds is 3. The number of carbonyl (C=O) groups is 1. The summed E-state index contributed by atoms with van der Waals surface area (Å²) in [5.41, 5.74) is 2.18. The van der Waals surface area contributed by atoms with E-state index in [2.05, 4.69) is 10.6 Å². The van der Waals surface area contributed by atoms with Gasteiger partial charge in [0.25, 0.3) is 0 Å². The Labute approximate surface area is 122 Å². The fraction of sp³-hybridized carbons (Fsp3) is 0.125. The molecule has 2 aromatic rings. The van der Waals surface area contributed by atoms with Crippen molar-refractivity contribution >= 4 is 17.4 Å². The van der Waals surface area contributed by atoms with Gasteiger partial charge in [0.1, 0.15) is 0 Å². The first-order valence-corrected chi connectivity index (χ1v) is 6.45. The van der Waals surface area contributed by atoms with Crippen molar-refractivity contribution < 1.29 is 9.90 Å². The van der Waals surface area contributed by atoms with Crippen molar-refractivity contribution in [2.45, 2.75) is 13.0 Å². The summed E-state index contributed by atoms with van der Waals surface area (Å²) in [6.07, 6.45) is -0.677. The van der Waals surface area contributed by atoms with Gasteiger partial charge in [-0.05, 0) is 31.2 Å². The molecule has 21 heavy (non-hydrogen) atoms. The lowest BCUT2D eigenvalue weighted by molar-refractivity contribution is 0.200. The lowest BCUT2D eigenvalue weighted by atomic mass is 10.1. The second-order valence-electron chi connectivity index (χ2n) is 4.53. The smallest absolute Gasteiger partial charge is 0.323 e. The van der Waals surface area contributed by atoms with Crippen LogP contribution >= 0.6 is 0 Å². The lowest BCUT2D eigenvalue weighted by Gasteiger charge is -2.13. The quantitative estimate of drug-likeness (QED) is 0.807. The molecule has 0 spiro atoms. The average molecular weight is 281 g/mol. The van der Waals surface area contributed by atoms with E-state index >= 15 is 0 Å². The van der Waals surface area contributed by atoms with Crippen LogP contribution in [0.2, 0.25) is 0 Å². The van der Waals surface area contributed by atoms with Crippen LogP contribution in [0.25, 0.3) is 0 Å². The van der Waals surface area contributed by atoms with Gasteiger partial charge in [-0.2, -0.15) is 5.26 Å². The maximum atomic E-state index is 12.0. The Bertz CT molecular complexity index is 690. The molecular weight excluding hydrogens is 266 g/mol. The molecule has 2 aromatic carbocycles. The average Bonchev–Trinajstić information content (AvgIpc) is 2.47. The summed E-state index contributed by atoms with van der Waals surface area (Å²) in [4.78, 5) is 12.0. The molecule has 1 atom stereocenters. The van der Waals surface area contributed by atoms with E-state index in [-0.39, 0.29) is 0 Å². The monoisotopic (exact) mass is 281 g/mol. The van der Waals surface area contributed by atoms with Gasteiger partial charge in [0, 0.05) is 16.9 Å². The van der Waals surface area contributed by atoms with E-state index in [0.29, 0.717) is 22.5 Å². The van der Waals surface area contributed by atoms with Crippen LogP contribution in [0.15, 0.2) is 48.5 Å². The number of anilines is 2. The molecule has 0 bridgehead atoms. The summed E-state index contributed by atoms with van der Waals surface area (Å²) in [5, 5.41) is 23.8. The number of urea groups is 1. The Hall–Kier alpha value is -2.84. The minimum atomic E-state index is -0.677. The van der Waals surface area contributed by atoms with E-state index in [1.54, 1.807) is 55.5 Å². The molecule has 0 radical (unpaired) electrons. The first kappa shape index (κ1) is 14.6. The van der Waals surface area contributed by atoms with E-state index in [9.17, 15) is 9.90 Å². The molecule has 1 unspecified atom stereocenters. The number of hydrogen-bond donors (Lipinski definition) is 3. The fourth-order valence-electron chi connectivity index (χ4n) is 1.93. The molecule has 5 nitrogen and oxygen atoms in total. The van der Waals surface area contributed by atoms with Crippen molar-refractivity contribution in [2.75, 3.05) is 10.6 Å². The van der Waals surface area contributed by atoms with Crippen LogP contribution in [0, 0.1) is 11.3 Å². The van der Waals surface area contributed by atoms with E-state index < -0.39 is 12.1 Å². The Morgan fingerprint density at radius 1 is 1.19 bits per heavy atom. The number of aliphatic hydroxyl groups excluding tert-OH is 1. The van der Waals surface area contributed by atoms with Crippen LogP contribution < -0.4 is 10.6 Å². The van der Waals surface area contributed by atoms with Gasteiger partial charge in [0.05, 0.1) is 17.7 Å². The van der Waals surface area contributed by atoms with Crippen LogP contribution in [-0.4, -0.2) is 11.1 Å². The van der Waals surface area contributed by atoms with Crippen LogP contribution in [0.1, 0.15) is 24.2 Å². The minimum absolute atomic E-state index is 0.432. The van der Waals surface area contributed by atoms with Gasteiger partial charge in [-0.25, -0.2) is 4.79 Å². The summed E-state index contributed by atoms with van der Waals surface area (Å²) in [5.74, 6) is 0. The Kier molecular flexibility index (Phi) is 4.54. The number of benzene rings is 2. The molecular formula is C16H15N3O2. The normalized spacial score (nSPS) is 11.3. The zero-order chi connectivity index (χ0) is 15.2. The zero-order valence-corrected chi connectivity index (χ0v) is 11.5. The fourth-order valence-corrected chi connectivity index (χ4v) is 1.93. The third-order valence-corrected chi connectivity index (χ3v) is 2.91. The molecule has 0 aliphatic carbocycles. The zero-order valence-electron chi connectivity index (χ0n) is 11.5. The molecule has 0 saturated carbocycles. The Morgan fingerprint density at radius 2 is 1.95 bits per heavy atom. The van der Waals surface area contributed by atoms with Gasteiger partial charge < -0.3 is 15.7 Å². The Morgan fingerprint density at radius 3 is 2.67 bits per heavy atom. The molecule has 0 aliphatic heterocycles. The van der Waals surface area contributed by atoms with Gasteiger partial charge in [0.2, 0.25) is 0 Å². The predicted molar refractivity (Wildman–Crippen MR) is 80.9 cm³/mol. The summed E-state index contributed by atoms with van der Waals surface area (Å²) >= 11 is 0. The SMILES string of the molecule is CC(O)c1ccccc1NC(=O)Nc1cccc(C#N)c1. The Balaban J connectivity index is 2.10. The van der Waals surface area contributed by atoms with Crippen molar-refractivity contribution in [3.63, 3.8) is 0 Å².